The third-order valence-corrected chi connectivity index (χ3v) is 3.37. The zero-order valence-corrected chi connectivity index (χ0v) is 10.6. The standard InChI is InChI=1S/C12H13N3O2S/c1-7-10(18-12(13)15-7)11(17)14-6-8-3-2-4-9(16)5-8/h2-5,16H,6H2,1H3,(H2,13,15)(H,14,17). The fourth-order valence-electron chi connectivity index (χ4n) is 1.56. The van der Waals surface area contributed by atoms with Gasteiger partial charge in [-0.3, -0.25) is 4.79 Å². The van der Waals surface area contributed by atoms with Crippen LogP contribution in [0.1, 0.15) is 20.9 Å². The number of nitrogens with two attached hydrogens (primary N) is 1. The summed E-state index contributed by atoms with van der Waals surface area (Å²) in [6.45, 7) is 2.10. The number of anilines is 1. The van der Waals surface area contributed by atoms with E-state index in [4.69, 9.17) is 5.73 Å². The molecular weight excluding hydrogens is 250 g/mol. The number of aryl methyl sites for hydroxylation is 1. The lowest BCUT2D eigenvalue weighted by Crippen LogP contribution is -2.22. The Bertz CT molecular complexity index is 580. The van der Waals surface area contributed by atoms with Gasteiger partial charge in [0.15, 0.2) is 5.13 Å². The van der Waals surface area contributed by atoms with Gasteiger partial charge >= 0.3 is 0 Å². The van der Waals surface area contributed by atoms with Gasteiger partial charge in [-0.2, -0.15) is 0 Å². The predicted octanol–water partition coefficient (Wildman–Crippen LogP) is 1.67. The molecule has 2 rings (SSSR count). The van der Waals surface area contributed by atoms with Crippen molar-refractivity contribution in [2.24, 2.45) is 0 Å². The first-order valence-corrected chi connectivity index (χ1v) is 6.17. The fourth-order valence-corrected chi connectivity index (χ4v) is 2.31. The first kappa shape index (κ1) is 12.4. The molecule has 0 bridgehead atoms. The van der Waals surface area contributed by atoms with Gasteiger partial charge in [0.2, 0.25) is 0 Å². The van der Waals surface area contributed by atoms with E-state index >= 15 is 0 Å². The van der Waals surface area contributed by atoms with E-state index in [1.165, 1.54) is 11.3 Å². The summed E-state index contributed by atoms with van der Waals surface area (Å²) in [7, 11) is 0. The molecular formula is C12H13N3O2S. The molecule has 18 heavy (non-hydrogen) atoms. The van der Waals surface area contributed by atoms with E-state index in [-0.39, 0.29) is 11.7 Å². The lowest BCUT2D eigenvalue weighted by Gasteiger charge is -2.04. The SMILES string of the molecule is Cc1nc(N)sc1C(=O)NCc1cccc(O)c1. The number of amides is 1. The molecule has 1 amide bonds. The molecule has 5 nitrogen and oxygen atoms in total. The number of nitrogens with zero attached hydrogens (tertiary/aromatic N) is 1. The predicted molar refractivity (Wildman–Crippen MR) is 70.5 cm³/mol. The van der Waals surface area contributed by atoms with E-state index in [0.29, 0.717) is 22.2 Å². The van der Waals surface area contributed by atoms with Crippen molar-refractivity contribution in [2.45, 2.75) is 13.5 Å². The molecule has 0 fully saturated rings. The number of carbonyl (C=O) groups excluding carboxylic acids is 1. The van der Waals surface area contributed by atoms with Crippen LogP contribution in [0.15, 0.2) is 24.3 Å². The van der Waals surface area contributed by atoms with Crippen LogP contribution in [0.2, 0.25) is 0 Å². The normalized spacial score (nSPS) is 10.3. The lowest BCUT2D eigenvalue weighted by molar-refractivity contribution is 0.0954. The summed E-state index contributed by atoms with van der Waals surface area (Å²) < 4.78 is 0. The largest absolute Gasteiger partial charge is 0.508 e. The Balaban J connectivity index is 2.03. The van der Waals surface area contributed by atoms with Gasteiger partial charge in [-0.1, -0.05) is 23.5 Å². The van der Waals surface area contributed by atoms with Crippen molar-refractivity contribution in [3.05, 3.63) is 40.4 Å². The van der Waals surface area contributed by atoms with Gasteiger partial charge in [0.1, 0.15) is 10.6 Å². The minimum atomic E-state index is -0.204. The maximum atomic E-state index is 11.9. The molecule has 0 saturated carbocycles. The molecule has 0 aliphatic rings. The molecule has 0 atom stereocenters. The third kappa shape index (κ3) is 2.78. The van der Waals surface area contributed by atoms with Crippen molar-refractivity contribution in [1.82, 2.24) is 10.3 Å². The molecule has 0 saturated heterocycles. The highest BCUT2D eigenvalue weighted by Crippen LogP contribution is 2.19. The van der Waals surface area contributed by atoms with Crippen LogP contribution in [0.4, 0.5) is 5.13 Å². The Hall–Kier alpha value is -2.08. The van der Waals surface area contributed by atoms with Crippen LogP contribution in [0.25, 0.3) is 0 Å². The van der Waals surface area contributed by atoms with Crippen LogP contribution in [0.3, 0.4) is 0 Å². The molecule has 1 aromatic heterocycles. The number of phenols is 1. The minimum absolute atomic E-state index is 0.181. The Labute approximate surface area is 108 Å². The van der Waals surface area contributed by atoms with E-state index < -0.39 is 0 Å². The molecule has 4 N–H and O–H groups in total. The van der Waals surface area contributed by atoms with Crippen molar-refractivity contribution in [1.29, 1.82) is 0 Å². The zero-order chi connectivity index (χ0) is 13.1. The van der Waals surface area contributed by atoms with Gasteiger partial charge in [0.25, 0.3) is 5.91 Å². The number of aromatic nitrogens is 1. The maximum Gasteiger partial charge on any atom is 0.263 e. The lowest BCUT2D eigenvalue weighted by atomic mass is 10.2. The van der Waals surface area contributed by atoms with Crippen LogP contribution < -0.4 is 11.1 Å². The summed E-state index contributed by atoms with van der Waals surface area (Å²) in [5.74, 6) is -0.0231. The molecule has 6 heteroatoms. The van der Waals surface area contributed by atoms with Gasteiger partial charge in [0, 0.05) is 6.54 Å². The number of nitrogens with one attached hydrogen (secondary N) is 1. The van der Waals surface area contributed by atoms with E-state index in [1.54, 1.807) is 25.1 Å². The second-order valence-corrected chi connectivity index (χ2v) is 4.85. The average Bonchev–Trinajstić information content (AvgIpc) is 2.66. The molecule has 0 spiro atoms. The highest BCUT2D eigenvalue weighted by Gasteiger charge is 2.13. The fraction of sp³-hybridized carbons (Fsp3) is 0.167. The van der Waals surface area contributed by atoms with Gasteiger partial charge < -0.3 is 16.2 Å². The van der Waals surface area contributed by atoms with Crippen molar-refractivity contribution in [3.8, 4) is 5.75 Å². The number of aromatic hydroxyl groups is 1. The van der Waals surface area contributed by atoms with E-state index in [0.717, 1.165) is 5.56 Å². The summed E-state index contributed by atoms with van der Waals surface area (Å²) in [5, 5.41) is 12.5. The van der Waals surface area contributed by atoms with Crippen LogP contribution >= 0.6 is 11.3 Å². The average molecular weight is 263 g/mol. The van der Waals surface area contributed by atoms with E-state index in [2.05, 4.69) is 10.3 Å². The summed E-state index contributed by atoms with van der Waals surface area (Å²) in [4.78, 5) is 16.4. The second-order valence-electron chi connectivity index (χ2n) is 3.82. The maximum absolute atomic E-state index is 11.9. The quantitative estimate of drug-likeness (QED) is 0.786. The summed E-state index contributed by atoms with van der Waals surface area (Å²) in [6, 6.07) is 6.74. The van der Waals surface area contributed by atoms with E-state index in [9.17, 15) is 9.90 Å². The first-order valence-electron chi connectivity index (χ1n) is 5.35. The Kier molecular flexibility index (Phi) is 3.47. The number of rotatable bonds is 3. The highest BCUT2D eigenvalue weighted by atomic mass is 32.1. The summed E-state index contributed by atoms with van der Waals surface area (Å²) in [5.41, 5.74) is 7.00. The zero-order valence-electron chi connectivity index (χ0n) is 9.80. The van der Waals surface area contributed by atoms with Gasteiger partial charge in [0.05, 0.1) is 5.69 Å². The van der Waals surface area contributed by atoms with Crippen molar-refractivity contribution in [2.75, 3.05) is 5.73 Å². The Morgan fingerprint density at radius 2 is 2.33 bits per heavy atom. The van der Waals surface area contributed by atoms with Crippen molar-refractivity contribution < 1.29 is 9.90 Å². The van der Waals surface area contributed by atoms with Crippen LogP contribution in [0.5, 0.6) is 5.75 Å². The second kappa shape index (κ2) is 5.05. The topological polar surface area (TPSA) is 88.2 Å². The van der Waals surface area contributed by atoms with E-state index in [1.807, 2.05) is 6.07 Å². The first-order chi connectivity index (χ1) is 8.56. The van der Waals surface area contributed by atoms with Gasteiger partial charge in [-0.05, 0) is 24.6 Å². The highest BCUT2D eigenvalue weighted by molar-refractivity contribution is 7.17. The summed E-state index contributed by atoms with van der Waals surface area (Å²) in [6.07, 6.45) is 0. The van der Waals surface area contributed by atoms with Crippen molar-refractivity contribution in [3.63, 3.8) is 0 Å². The number of hydrogen-bond acceptors (Lipinski definition) is 5. The number of carbonyl (C=O) groups is 1. The number of nitrogen functional groups attached to an aromatic ring is 1. The van der Waals surface area contributed by atoms with Crippen LogP contribution in [0, 0.1) is 6.92 Å². The Morgan fingerprint density at radius 3 is 2.94 bits per heavy atom. The van der Waals surface area contributed by atoms with Crippen LogP contribution in [-0.4, -0.2) is 16.0 Å². The molecule has 0 radical (unpaired) electrons. The molecule has 1 heterocycles. The van der Waals surface area contributed by atoms with Crippen molar-refractivity contribution >= 4 is 22.4 Å². The molecule has 94 valence electrons. The Morgan fingerprint density at radius 1 is 1.56 bits per heavy atom. The van der Waals surface area contributed by atoms with Gasteiger partial charge in [-0.25, -0.2) is 4.98 Å². The number of benzene rings is 1. The van der Waals surface area contributed by atoms with Crippen LogP contribution in [-0.2, 0) is 6.54 Å². The molecule has 0 aliphatic carbocycles. The number of thiazole rings is 1. The molecule has 0 aliphatic heterocycles. The van der Waals surface area contributed by atoms with Gasteiger partial charge in [-0.15, -0.1) is 0 Å². The smallest absolute Gasteiger partial charge is 0.263 e. The molecule has 2 aromatic rings. The molecule has 1 aromatic carbocycles. The number of hydrogen-bond donors (Lipinski definition) is 3. The third-order valence-electron chi connectivity index (χ3n) is 2.38. The molecule has 0 unspecified atom stereocenters. The number of phenolic OH excluding ortho intramolecular Hbond substituents is 1. The summed E-state index contributed by atoms with van der Waals surface area (Å²) >= 11 is 1.17. The monoisotopic (exact) mass is 263 g/mol. The minimum Gasteiger partial charge on any atom is -0.508 e.